The fraction of sp³-hybridized carbons (Fsp3) is 0.375. The number of carbonyl (C=O) groups is 3. The second-order valence-electron chi connectivity index (χ2n) is 8.41. The number of hydrogen-bond acceptors (Lipinski definition) is 9. The highest BCUT2D eigenvalue weighted by atomic mass is 32.2. The second kappa shape index (κ2) is 11.6. The van der Waals surface area contributed by atoms with E-state index in [-0.39, 0.29) is 33.2 Å². The Morgan fingerprint density at radius 3 is 2.42 bits per heavy atom. The number of nitrogens with two attached hydrogens (primary N) is 1. The molecule has 1 aromatic carbocycles. The quantitative estimate of drug-likeness (QED) is 0.299. The van der Waals surface area contributed by atoms with E-state index in [1.54, 1.807) is 20.8 Å². The molecule has 0 radical (unpaired) electrons. The molecule has 0 saturated carbocycles. The Hall–Kier alpha value is -3.38. The molecule has 36 heavy (non-hydrogen) atoms. The summed E-state index contributed by atoms with van der Waals surface area (Å²) in [4.78, 5) is 39.4. The molecule has 0 aliphatic carbocycles. The Morgan fingerprint density at radius 2 is 1.86 bits per heavy atom. The first kappa shape index (κ1) is 27.2. The lowest BCUT2D eigenvalue weighted by Crippen LogP contribution is -2.18. The molecule has 0 aliphatic rings. The standard InChI is InChI=1S/C24H30N6O4S2/c1-7-30-21(15-8-10-16(11-9-15)29(5)6)27-28-24(30)35-12-17(31)26-22-18(23(33)34-13(2)3)14(4)19(36-22)20(25)32/h8-11,13H,7,12H2,1-6H3,(H2,25,32)(H,26,31). The molecule has 3 N–H and O–H groups in total. The highest BCUT2D eigenvalue weighted by Gasteiger charge is 2.26. The van der Waals surface area contributed by atoms with Gasteiger partial charge in [0, 0.05) is 31.9 Å². The Balaban J connectivity index is 1.76. The topological polar surface area (TPSA) is 132 Å². The van der Waals surface area contributed by atoms with Gasteiger partial charge in [-0.2, -0.15) is 0 Å². The number of aromatic nitrogens is 3. The molecule has 0 fully saturated rings. The number of nitrogens with zero attached hydrogens (tertiary/aromatic N) is 4. The molecule has 10 nitrogen and oxygen atoms in total. The predicted molar refractivity (Wildman–Crippen MR) is 143 cm³/mol. The number of anilines is 2. The summed E-state index contributed by atoms with van der Waals surface area (Å²) in [7, 11) is 3.96. The lowest BCUT2D eigenvalue weighted by molar-refractivity contribution is -0.113. The average Bonchev–Trinajstić information content (AvgIpc) is 3.37. The number of thioether (sulfide) groups is 1. The minimum Gasteiger partial charge on any atom is -0.459 e. The van der Waals surface area contributed by atoms with Crippen molar-refractivity contribution in [2.24, 2.45) is 5.73 Å². The van der Waals surface area contributed by atoms with E-state index in [1.165, 1.54) is 11.8 Å². The van der Waals surface area contributed by atoms with Crippen molar-refractivity contribution in [1.82, 2.24) is 14.8 Å². The molecule has 0 spiro atoms. The first-order valence-corrected chi connectivity index (χ1v) is 13.1. The van der Waals surface area contributed by atoms with Crippen LogP contribution in [0.1, 0.15) is 46.4 Å². The Morgan fingerprint density at radius 1 is 1.19 bits per heavy atom. The molecule has 192 valence electrons. The zero-order valence-corrected chi connectivity index (χ0v) is 22.7. The summed E-state index contributed by atoms with van der Waals surface area (Å²) in [6.45, 7) is 7.65. The van der Waals surface area contributed by atoms with Gasteiger partial charge in [-0.1, -0.05) is 11.8 Å². The predicted octanol–water partition coefficient (Wildman–Crippen LogP) is 3.80. The molecular weight excluding hydrogens is 500 g/mol. The Labute approximate surface area is 218 Å². The normalized spacial score (nSPS) is 11.0. The lowest BCUT2D eigenvalue weighted by atomic mass is 10.1. The van der Waals surface area contributed by atoms with Gasteiger partial charge in [0.05, 0.1) is 22.3 Å². The molecule has 3 rings (SSSR count). The lowest BCUT2D eigenvalue weighted by Gasteiger charge is -2.13. The van der Waals surface area contributed by atoms with E-state index in [4.69, 9.17) is 10.5 Å². The van der Waals surface area contributed by atoms with Crippen molar-refractivity contribution in [3.05, 3.63) is 40.3 Å². The van der Waals surface area contributed by atoms with Gasteiger partial charge in [0.1, 0.15) is 5.00 Å². The van der Waals surface area contributed by atoms with Gasteiger partial charge >= 0.3 is 5.97 Å². The number of primary amides is 1. The molecule has 0 unspecified atom stereocenters. The summed E-state index contributed by atoms with van der Waals surface area (Å²) in [5.74, 6) is -0.917. The van der Waals surface area contributed by atoms with Gasteiger partial charge in [-0.05, 0) is 57.5 Å². The zero-order valence-electron chi connectivity index (χ0n) is 21.1. The van der Waals surface area contributed by atoms with Gasteiger partial charge in [-0.25, -0.2) is 4.79 Å². The number of esters is 1. The van der Waals surface area contributed by atoms with Gasteiger partial charge in [0.25, 0.3) is 5.91 Å². The number of ether oxygens (including phenoxy) is 1. The Bertz CT molecular complexity index is 1260. The molecule has 3 aromatic rings. The summed E-state index contributed by atoms with van der Waals surface area (Å²) in [6, 6.07) is 7.99. The maximum Gasteiger partial charge on any atom is 0.341 e. The largest absolute Gasteiger partial charge is 0.459 e. The molecule has 0 bridgehead atoms. The maximum atomic E-state index is 12.8. The van der Waals surface area contributed by atoms with Crippen LogP contribution in [0.3, 0.4) is 0 Å². The van der Waals surface area contributed by atoms with E-state index < -0.39 is 11.9 Å². The molecule has 2 aromatic heterocycles. The molecule has 0 saturated heterocycles. The van der Waals surface area contributed by atoms with Crippen molar-refractivity contribution in [1.29, 1.82) is 0 Å². The zero-order chi connectivity index (χ0) is 26.6. The van der Waals surface area contributed by atoms with Crippen molar-refractivity contribution in [3.8, 4) is 11.4 Å². The highest BCUT2D eigenvalue weighted by molar-refractivity contribution is 7.99. The van der Waals surface area contributed by atoms with Crippen LogP contribution in [-0.4, -0.2) is 58.5 Å². The molecular formula is C24H30N6O4S2. The van der Waals surface area contributed by atoms with Crippen LogP contribution in [0, 0.1) is 6.92 Å². The van der Waals surface area contributed by atoms with Crippen molar-refractivity contribution < 1.29 is 19.1 Å². The molecule has 2 amide bonds. The third-order valence-corrected chi connectivity index (χ3v) is 7.37. The van der Waals surface area contributed by atoms with Crippen LogP contribution in [-0.2, 0) is 16.1 Å². The number of nitrogens with one attached hydrogen (secondary N) is 1. The maximum absolute atomic E-state index is 12.8. The van der Waals surface area contributed by atoms with E-state index in [1.807, 2.05) is 54.8 Å². The van der Waals surface area contributed by atoms with Gasteiger partial charge < -0.3 is 25.3 Å². The van der Waals surface area contributed by atoms with Crippen LogP contribution in [0.2, 0.25) is 0 Å². The van der Waals surface area contributed by atoms with E-state index in [2.05, 4.69) is 15.5 Å². The number of rotatable bonds is 10. The van der Waals surface area contributed by atoms with Crippen LogP contribution < -0.4 is 16.0 Å². The average molecular weight is 531 g/mol. The minimum atomic E-state index is -0.673. The first-order valence-electron chi connectivity index (χ1n) is 11.3. The summed E-state index contributed by atoms with van der Waals surface area (Å²) in [5, 5.41) is 12.2. The fourth-order valence-corrected chi connectivity index (χ4v) is 5.32. The van der Waals surface area contributed by atoms with Crippen LogP contribution in [0.15, 0.2) is 29.4 Å². The molecule has 12 heteroatoms. The molecule has 2 heterocycles. The molecule has 0 aliphatic heterocycles. The van der Waals surface area contributed by atoms with E-state index >= 15 is 0 Å². The van der Waals surface area contributed by atoms with Crippen molar-refractivity contribution in [2.45, 2.75) is 45.5 Å². The third kappa shape index (κ3) is 6.05. The van der Waals surface area contributed by atoms with E-state index in [9.17, 15) is 14.4 Å². The number of amides is 2. The van der Waals surface area contributed by atoms with E-state index in [0.717, 1.165) is 22.6 Å². The van der Waals surface area contributed by atoms with Crippen molar-refractivity contribution in [2.75, 3.05) is 30.1 Å². The fourth-order valence-electron chi connectivity index (χ4n) is 3.45. The van der Waals surface area contributed by atoms with Crippen LogP contribution >= 0.6 is 23.1 Å². The number of benzene rings is 1. The van der Waals surface area contributed by atoms with Crippen LogP contribution in [0.4, 0.5) is 10.7 Å². The third-order valence-electron chi connectivity index (χ3n) is 5.18. The smallest absolute Gasteiger partial charge is 0.341 e. The minimum absolute atomic E-state index is 0.0270. The molecule has 0 atom stereocenters. The second-order valence-corrected chi connectivity index (χ2v) is 10.4. The van der Waals surface area contributed by atoms with Crippen molar-refractivity contribution in [3.63, 3.8) is 0 Å². The summed E-state index contributed by atoms with van der Waals surface area (Å²) in [6.07, 6.45) is -0.360. The SMILES string of the molecule is CCn1c(SCC(=O)Nc2sc(C(N)=O)c(C)c2C(=O)OC(C)C)nnc1-c1ccc(N(C)C)cc1. The summed E-state index contributed by atoms with van der Waals surface area (Å²) >= 11 is 2.19. The van der Waals surface area contributed by atoms with Crippen LogP contribution in [0.25, 0.3) is 11.4 Å². The van der Waals surface area contributed by atoms with Crippen LogP contribution in [0.5, 0.6) is 0 Å². The number of thiophene rings is 1. The van der Waals surface area contributed by atoms with Gasteiger partial charge in [0.2, 0.25) is 5.91 Å². The number of carbonyl (C=O) groups excluding carboxylic acids is 3. The van der Waals surface area contributed by atoms with Crippen molar-refractivity contribution >= 4 is 51.6 Å². The van der Waals surface area contributed by atoms with E-state index in [0.29, 0.717) is 23.1 Å². The summed E-state index contributed by atoms with van der Waals surface area (Å²) < 4.78 is 7.23. The first-order chi connectivity index (χ1) is 17.0. The monoisotopic (exact) mass is 530 g/mol. The van der Waals surface area contributed by atoms with Gasteiger partial charge in [0.15, 0.2) is 11.0 Å². The van der Waals surface area contributed by atoms with Gasteiger partial charge in [-0.3, -0.25) is 9.59 Å². The summed E-state index contributed by atoms with van der Waals surface area (Å²) in [5.41, 5.74) is 7.98. The highest BCUT2D eigenvalue weighted by Crippen LogP contribution is 2.34. The Kier molecular flexibility index (Phi) is 8.75. The van der Waals surface area contributed by atoms with Gasteiger partial charge in [-0.15, -0.1) is 21.5 Å². The number of hydrogen-bond donors (Lipinski definition) is 2.